The number of pyridine rings is 1. The summed E-state index contributed by atoms with van der Waals surface area (Å²) in [5.41, 5.74) is 2.36. The number of fused-ring (bicyclic) bond motifs is 1. The molecule has 3 rings (SSSR count). The lowest BCUT2D eigenvalue weighted by atomic mass is 9.86. The number of aryl methyl sites for hydroxylation is 1. The summed E-state index contributed by atoms with van der Waals surface area (Å²) in [5, 5.41) is 0. The number of carbonyl (C=O) groups excluding carboxylic acids is 1. The maximum atomic E-state index is 12.4. The van der Waals surface area contributed by atoms with Crippen LogP contribution in [-0.2, 0) is 24.2 Å². The number of ketones is 1. The Morgan fingerprint density at radius 1 is 1.11 bits per heavy atom. The van der Waals surface area contributed by atoms with Crippen molar-refractivity contribution in [3.05, 3.63) is 33.7 Å². The minimum Gasteiger partial charge on any atom is -0.305 e. The van der Waals surface area contributed by atoms with Crippen LogP contribution in [0.5, 0.6) is 0 Å². The summed E-state index contributed by atoms with van der Waals surface area (Å²) in [4.78, 5) is 24.4. The second kappa shape index (κ2) is 5.32. The van der Waals surface area contributed by atoms with E-state index in [0.717, 1.165) is 50.6 Å². The molecule has 0 bridgehead atoms. The highest BCUT2D eigenvalue weighted by Crippen LogP contribution is 2.25. The Morgan fingerprint density at radius 2 is 1.89 bits per heavy atom. The van der Waals surface area contributed by atoms with Crippen molar-refractivity contribution in [2.24, 2.45) is 5.92 Å². The molecule has 0 amide bonds. The van der Waals surface area contributed by atoms with Gasteiger partial charge in [-0.05, 0) is 37.7 Å². The van der Waals surface area contributed by atoms with E-state index in [1.807, 2.05) is 6.07 Å². The second-order valence-electron chi connectivity index (χ2n) is 5.88. The lowest BCUT2D eigenvalue weighted by molar-refractivity contribution is -0.124. The fourth-order valence-electron chi connectivity index (χ4n) is 3.52. The van der Waals surface area contributed by atoms with Gasteiger partial charge in [0.1, 0.15) is 0 Å². The second-order valence-corrected chi connectivity index (χ2v) is 5.88. The van der Waals surface area contributed by atoms with Gasteiger partial charge >= 0.3 is 0 Å². The SMILES string of the molecule is O=C(Cn1c2c(ccc1=O)CCC2)C1CCCCC1. The minimum absolute atomic E-state index is 0.00944. The highest BCUT2D eigenvalue weighted by Gasteiger charge is 2.23. The highest BCUT2D eigenvalue weighted by atomic mass is 16.1. The van der Waals surface area contributed by atoms with Crippen LogP contribution in [-0.4, -0.2) is 10.4 Å². The molecule has 0 radical (unpaired) electrons. The van der Waals surface area contributed by atoms with Crippen molar-refractivity contribution in [3.63, 3.8) is 0 Å². The predicted octanol–water partition coefficient (Wildman–Crippen LogP) is 2.49. The van der Waals surface area contributed by atoms with Gasteiger partial charge in [-0.3, -0.25) is 9.59 Å². The van der Waals surface area contributed by atoms with Crippen LogP contribution >= 0.6 is 0 Å². The molecule has 1 aromatic rings. The molecule has 0 unspecified atom stereocenters. The Labute approximate surface area is 113 Å². The van der Waals surface area contributed by atoms with Crippen LogP contribution in [0.2, 0.25) is 0 Å². The van der Waals surface area contributed by atoms with Crippen molar-refractivity contribution in [2.45, 2.75) is 57.9 Å². The summed E-state index contributed by atoms with van der Waals surface area (Å²) >= 11 is 0. The maximum Gasteiger partial charge on any atom is 0.251 e. The predicted molar refractivity (Wildman–Crippen MR) is 74.3 cm³/mol. The quantitative estimate of drug-likeness (QED) is 0.836. The fourth-order valence-corrected chi connectivity index (χ4v) is 3.52. The first-order valence-electron chi connectivity index (χ1n) is 7.50. The topological polar surface area (TPSA) is 39.1 Å². The lowest BCUT2D eigenvalue weighted by Crippen LogP contribution is -2.30. The number of Topliss-reactive ketones (excluding diaryl/α,β-unsaturated/α-hetero) is 1. The fraction of sp³-hybridized carbons (Fsp3) is 0.625. The van der Waals surface area contributed by atoms with E-state index in [4.69, 9.17) is 0 Å². The highest BCUT2D eigenvalue weighted by molar-refractivity contribution is 5.81. The molecule has 0 spiro atoms. The summed E-state index contributed by atoms with van der Waals surface area (Å²) in [6.07, 6.45) is 8.72. The summed E-state index contributed by atoms with van der Waals surface area (Å²) < 4.78 is 1.74. The van der Waals surface area contributed by atoms with Crippen LogP contribution in [0.1, 0.15) is 49.8 Å². The third kappa shape index (κ3) is 2.51. The number of carbonyl (C=O) groups is 1. The molecule has 0 atom stereocenters. The van der Waals surface area contributed by atoms with Crippen molar-refractivity contribution < 1.29 is 4.79 Å². The Hall–Kier alpha value is -1.38. The van der Waals surface area contributed by atoms with Gasteiger partial charge in [0.15, 0.2) is 5.78 Å². The van der Waals surface area contributed by atoms with Gasteiger partial charge in [0.25, 0.3) is 5.56 Å². The normalized spacial score (nSPS) is 19.4. The van der Waals surface area contributed by atoms with Crippen LogP contribution in [0.3, 0.4) is 0 Å². The molecular formula is C16H21NO2. The number of aromatic nitrogens is 1. The molecule has 0 aliphatic heterocycles. The molecule has 3 heteroatoms. The zero-order chi connectivity index (χ0) is 13.2. The number of hydrogen-bond acceptors (Lipinski definition) is 2. The molecular weight excluding hydrogens is 238 g/mol. The molecule has 1 aromatic heterocycles. The van der Waals surface area contributed by atoms with Crippen LogP contribution in [0.4, 0.5) is 0 Å². The Bertz CT molecular complexity index is 538. The lowest BCUT2D eigenvalue weighted by Gasteiger charge is -2.21. The first-order chi connectivity index (χ1) is 9.25. The Morgan fingerprint density at radius 3 is 2.68 bits per heavy atom. The molecule has 19 heavy (non-hydrogen) atoms. The molecule has 0 N–H and O–H groups in total. The largest absolute Gasteiger partial charge is 0.305 e. The van der Waals surface area contributed by atoms with Crippen molar-refractivity contribution in [3.8, 4) is 0 Å². The van der Waals surface area contributed by atoms with Crippen molar-refractivity contribution in [1.82, 2.24) is 4.57 Å². The van der Waals surface area contributed by atoms with Crippen molar-refractivity contribution >= 4 is 5.78 Å². The van der Waals surface area contributed by atoms with Gasteiger partial charge in [0, 0.05) is 17.7 Å². The number of rotatable bonds is 3. The summed E-state index contributed by atoms with van der Waals surface area (Å²) in [7, 11) is 0. The van der Waals surface area contributed by atoms with Gasteiger partial charge in [-0.2, -0.15) is 0 Å². The Kier molecular flexibility index (Phi) is 3.54. The molecule has 0 saturated heterocycles. The van der Waals surface area contributed by atoms with Crippen LogP contribution in [0.15, 0.2) is 16.9 Å². The Balaban J connectivity index is 1.81. The van der Waals surface area contributed by atoms with Crippen LogP contribution in [0, 0.1) is 5.92 Å². The van der Waals surface area contributed by atoms with E-state index in [-0.39, 0.29) is 17.3 Å². The first kappa shape index (κ1) is 12.6. The van der Waals surface area contributed by atoms with Gasteiger partial charge in [0.05, 0.1) is 6.54 Å². The molecule has 3 nitrogen and oxygen atoms in total. The monoisotopic (exact) mass is 259 g/mol. The smallest absolute Gasteiger partial charge is 0.251 e. The van der Waals surface area contributed by atoms with E-state index in [1.54, 1.807) is 10.6 Å². The van der Waals surface area contributed by atoms with Gasteiger partial charge in [-0.15, -0.1) is 0 Å². The first-order valence-corrected chi connectivity index (χ1v) is 7.50. The summed E-state index contributed by atoms with van der Waals surface area (Å²) in [6.45, 7) is 0.298. The average molecular weight is 259 g/mol. The van der Waals surface area contributed by atoms with Crippen molar-refractivity contribution in [2.75, 3.05) is 0 Å². The molecule has 1 fully saturated rings. The van der Waals surface area contributed by atoms with Gasteiger partial charge in [-0.25, -0.2) is 0 Å². The van der Waals surface area contributed by atoms with Gasteiger partial charge < -0.3 is 4.57 Å². The maximum absolute atomic E-state index is 12.4. The number of nitrogens with zero attached hydrogens (tertiary/aromatic N) is 1. The molecule has 102 valence electrons. The zero-order valence-electron chi connectivity index (χ0n) is 11.4. The van der Waals surface area contributed by atoms with E-state index < -0.39 is 0 Å². The van der Waals surface area contributed by atoms with E-state index in [0.29, 0.717) is 6.54 Å². The van der Waals surface area contributed by atoms with E-state index in [1.165, 1.54) is 12.0 Å². The third-order valence-corrected chi connectivity index (χ3v) is 4.62. The zero-order valence-corrected chi connectivity index (χ0v) is 11.4. The van der Waals surface area contributed by atoms with E-state index in [2.05, 4.69) is 0 Å². The summed E-state index contributed by atoms with van der Waals surface area (Å²) in [6, 6.07) is 3.56. The van der Waals surface area contributed by atoms with Crippen LogP contribution < -0.4 is 5.56 Å². The minimum atomic E-state index is -0.00944. The van der Waals surface area contributed by atoms with Gasteiger partial charge in [0.2, 0.25) is 0 Å². The molecule has 0 aromatic carbocycles. The van der Waals surface area contributed by atoms with E-state index in [9.17, 15) is 9.59 Å². The van der Waals surface area contributed by atoms with Crippen LogP contribution in [0.25, 0.3) is 0 Å². The molecule has 2 aliphatic rings. The molecule has 2 aliphatic carbocycles. The summed E-state index contributed by atoms with van der Waals surface area (Å²) in [5.74, 6) is 0.458. The number of hydrogen-bond donors (Lipinski definition) is 0. The molecule has 1 heterocycles. The molecule has 1 saturated carbocycles. The third-order valence-electron chi connectivity index (χ3n) is 4.62. The van der Waals surface area contributed by atoms with Crippen molar-refractivity contribution in [1.29, 1.82) is 0 Å². The standard InChI is InChI=1S/C16H21NO2/c18-15(13-5-2-1-3-6-13)11-17-14-8-4-7-12(14)9-10-16(17)19/h9-10,13H,1-8,11H2. The van der Waals surface area contributed by atoms with E-state index >= 15 is 0 Å². The average Bonchev–Trinajstić information content (AvgIpc) is 2.91. The van der Waals surface area contributed by atoms with Gasteiger partial charge in [-0.1, -0.05) is 25.3 Å².